The number of ether oxygens (including phenoxy) is 1. The molecule has 0 saturated carbocycles. The summed E-state index contributed by atoms with van der Waals surface area (Å²) in [4.78, 5) is 14.2. The molecule has 2 rings (SSSR count). The van der Waals surface area contributed by atoms with E-state index in [1.807, 2.05) is 32.0 Å². The van der Waals surface area contributed by atoms with Crippen LogP contribution in [0.4, 0.5) is 0 Å². The summed E-state index contributed by atoms with van der Waals surface area (Å²) < 4.78 is 5.82. The van der Waals surface area contributed by atoms with Gasteiger partial charge in [0.05, 0.1) is 5.92 Å². The molecular formula is C18H26N2O2. The van der Waals surface area contributed by atoms with Crippen LogP contribution in [0.25, 0.3) is 0 Å². The maximum Gasteiger partial charge on any atom is 0.224 e. The number of hydrogen-bond acceptors (Lipinski definition) is 3. The lowest BCUT2D eigenvalue weighted by Crippen LogP contribution is -2.32. The lowest BCUT2D eigenvalue weighted by molar-refractivity contribution is -0.124. The van der Waals surface area contributed by atoms with Crippen LogP contribution in [-0.2, 0) is 11.3 Å². The Labute approximate surface area is 133 Å². The zero-order valence-corrected chi connectivity index (χ0v) is 13.6. The van der Waals surface area contributed by atoms with E-state index in [1.54, 1.807) is 0 Å². The monoisotopic (exact) mass is 302 g/mol. The molecule has 1 atom stereocenters. The van der Waals surface area contributed by atoms with Crippen LogP contribution in [0.3, 0.4) is 0 Å². The third-order valence-corrected chi connectivity index (χ3v) is 3.83. The number of likely N-dealkylation sites (tertiary alicyclic amines) is 1. The van der Waals surface area contributed by atoms with Crippen LogP contribution < -0.4 is 10.1 Å². The molecule has 1 aromatic carbocycles. The van der Waals surface area contributed by atoms with Gasteiger partial charge in [-0.1, -0.05) is 24.8 Å². The molecule has 1 fully saturated rings. The molecule has 1 aliphatic heterocycles. The van der Waals surface area contributed by atoms with E-state index < -0.39 is 0 Å². The van der Waals surface area contributed by atoms with Gasteiger partial charge in [0, 0.05) is 25.2 Å². The van der Waals surface area contributed by atoms with Crippen molar-refractivity contribution in [3.63, 3.8) is 0 Å². The Morgan fingerprint density at radius 2 is 2.23 bits per heavy atom. The second-order valence-electron chi connectivity index (χ2n) is 5.97. The van der Waals surface area contributed by atoms with E-state index in [4.69, 9.17) is 4.74 Å². The summed E-state index contributed by atoms with van der Waals surface area (Å²) in [7, 11) is 0. The Hall–Kier alpha value is -1.81. The lowest BCUT2D eigenvalue weighted by atomic mass is 10.1. The maximum atomic E-state index is 11.9. The van der Waals surface area contributed by atoms with Crippen LogP contribution in [0.2, 0.25) is 0 Å². The molecule has 1 aliphatic rings. The van der Waals surface area contributed by atoms with Crippen LogP contribution in [0.5, 0.6) is 5.75 Å². The number of benzene rings is 1. The Morgan fingerprint density at radius 3 is 2.95 bits per heavy atom. The van der Waals surface area contributed by atoms with Crippen LogP contribution in [-0.4, -0.2) is 37.0 Å². The molecule has 1 heterocycles. The minimum absolute atomic E-state index is 0.114. The van der Waals surface area contributed by atoms with Crippen LogP contribution in [0, 0.1) is 5.92 Å². The lowest BCUT2D eigenvalue weighted by Gasteiger charge is -2.18. The molecule has 4 heteroatoms. The Morgan fingerprint density at radius 1 is 1.45 bits per heavy atom. The van der Waals surface area contributed by atoms with Gasteiger partial charge in [-0.15, -0.1) is 0 Å². The van der Waals surface area contributed by atoms with Crippen molar-refractivity contribution >= 4 is 5.91 Å². The number of amides is 1. The molecule has 0 radical (unpaired) electrons. The minimum atomic E-state index is 0.114. The molecule has 0 aliphatic carbocycles. The largest absolute Gasteiger partial charge is 0.489 e. The van der Waals surface area contributed by atoms with Crippen molar-refractivity contribution in [1.82, 2.24) is 10.2 Å². The highest BCUT2D eigenvalue weighted by atomic mass is 16.5. The number of hydrogen-bond donors (Lipinski definition) is 1. The molecule has 1 amide bonds. The fourth-order valence-corrected chi connectivity index (χ4v) is 2.73. The SMILES string of the molecule is C=C(C)COc1ccccc1CN1CC[C@@H](C(=O)NCC)C1. The summed E-state index contributed by atoms with van der Waals surface area (Å²) in [5, 5.41) is 2.92. The van der Waals surface area contributed by atoms with E-state index in [1.165, 1.54) is 5.56 Å². The third kappa shape index (κ3) is 4.60. The standard InChI is InChI=1S/C18H26N2O2/c1-4-19-18(21)16-9-10-20(12-16)11-15-7-5-6-8-17(15)22-13-14(2)3/h5-8,16H,2,4,9-13H2,1,3H3,(H,19,21)/t16-/m1/s1. The first kappa shape index (κ1) is 16.6. The van der Waals surface area contributed by atoms with Gasteiger partial charge in [0.2, 0.25) is 5.91 Å². The predicted octanol–water partition coefficient (Wildman–Crippen LogP) is 2.60. The van der Waals surface area contributed by atoms with E-state index in [2.05, 4.69) is 22.9 Å². The average Bonchev–Trinajstić information content (AvgIpc) is 2.95. The van der Waals surface area contributed by atoms with Crippen LogP contribution >= 0.6 is 0 Å². The molecule has 4 nitrogen and oxygen atoms in total. The summed E-state index contributed by atoms with van der Waals surface area (Å²) in [6, 6.07) is 8.10. The molecule has 0 spiro atoms. The van der Waals surface area contributed by atoms with Gasteiger partial charge in [-0.05, 0) is 38.5 Å². The fraction of sp³-hybridized carbons (Fsp3) is 0.500. The van der Waals surface area contributed by atoms with Crippen molar-refractivity contribution in [3.8, 4) is 5.75 Å². The van der Waals surface area contributed by atoms with E-state index in [-0.39, 0.29) is 11.8 Å². The quantitative estimate of drug-likeness (QED) is 0.787. The normalized spacial score (nSPS) is 18.2. The van der Waals surface area contributed by atoms with E-state index in [0.717, 1.165) is 37.4 Å². The summed E-state index contributed by atoms with van der Waals surface area (Å²) in [6.45, 7) is 11.6. The first-order valence-electron chi connectivity index (χ1n) is 7.95. The van der Waals surface area contributed by atoms with Gasteiger partial charge in [0.1, 0.15) is 12.4 Å². The fourth-order valence-electron chi connectivity index (χ4n) is 2.73. The predicted molar refractivity (Wildman–Crippen MR) is 88.8 cm³/mol. The molecule has 120 valence electrons. The van der Waals surface area contributed by atoms with Gasteiger partial charge in [0.25, 0.3) is 0 Å². The van der Waals surface area contributed by atoms with Crippen molar-refractivity contribution in [1.29, 1.82) is 0 Å². The first-order valence-corrected chi connectivity index (χ1v) is 7.95. The van der Waals surface area contributed by atoms with Crippen molar-refractivity contribution < 1.29 is 9.53 Å². The number of nitrogens with zero attached hydrogens (tertiary/aromatic N) is 1. The van der Waals surface area contributed by atoms with Gasteiger partial charge in [-0.2, -0.15) is 0 Å². The number of para-hydroxylation sites is 1. The molecule has 0 aromatic heterocycles. The zero-order valence-electron chi connectivity index (χ0n) is 13.6. The van der Waals surface area contributed by atoms with Crippen LogP contribution in [0.1, 0.15) is 25.8 Å². The highest BCUT2D eigenvalue weighted by Gasteiger charge is 2.28. The molecule has 1 aromatic rings. The third-order valence-electron chi connectivity index (χ3n) is 3.83. The van der Waals surface area contributed by atoms with Gasteiger partial charge in [-0.3, -0.25) is 9.69 Å². The van der Waals surface area contributed by atoms with Gasteiger partial charge < -0.3 is 10.1 Å². The minimum Gasteiger partial charge on any atom is -0.489 e. The Kier molecular flexibility index (Phi) is 6.01. The van der Waals surface area contributed by atoms with Gasteiger partial charge >= 0.3 is 0 Å². The molecule has 22 heavy (non-hydrogen) atoms. The second-order valence-corrected chi connectivity index (χ2v) is 5.97. The molecular weight excluding hydrogens is 276 g/mol. The van der Waals surface area contributed by atoms with Crippen molar-refractivity contribution in [2.24, 2.45) is 5.92 Å². The molecule has 0 bridgehead atoms. The molecule has 1 saturated heterocycles. The highest BCUT2D eigenvalue weighted by molar-refractivity contribution is 5.79. The number of rotatable bonds is 7. The number of carbonyl (C=O) groups excluding carboxylic acids is 1. The second kappa shape index (κ2) is 7.99. The van der Waals surface area contributed by atoms with E-state index in [9.17, 15) is 4.79 Å². The van der Waals surface area contributed by atoms with Gasteiger partial charge in [-0.25, -0.2) is 0 Å². The van der Waals surface area contributed by atoms with E-state index >= 15 is 0 Å². The number of carbonyl (C=O) groups is 1. The summed E-state index contributed by atoms with van der Waals surface area (Å²) >= 11 is 0. The number of nitrogens with one attached hydrogen (secondary N) is 1. The smallest absolute Gasteiger partial charge is 0.224 e. The first-order chi connectivity index (χ1) is 10.6. The molecule has 0 unspecified atom stereocenters. The van der Waals surface area contributed by atoms with Crippen molar-refractivity contribution in [2.45, 2.75) is 26.8 Å². The maximum absolute atomic E-state index is 11.9. The van der Waals surface area contributed by atoms with E-state index in [0.29, 0.717) is 13.2 Å². The van der Waals surface area contributed by atoms with Gasteiger partial charge in [0.15, 0.2) is 0 Å². The van der Waals surface area contributed by atoms with Crippen molar-refractivity contribution in [2.75, 3.05) is 26.2 Å². The Bertz CT molecular complexity index is 528. The zero-order chi connectivity index (χ0) is 15.9. The summed E-state index contributed by atoms with van der Waals surface area (Å²) in [5.74, 6) is 1.20. The summed E-state index contributed by atoms with van der Waals surface area (Å²) in [5.41, 5.74) is 2.17. The molecule has 1 N–H and O–H groups in total. The highest BCUT2D eigenvalue weighted by Crippen LogP contribution is 2.24. The van der Waals surface area contributed by atoms with Crippen LogP contribution in [0.15, 0.2) is 36.4 Å². The topological polar surface area (TPSA) is 41.6 Å². The summed E-state index contributed by atoms with van der Waals surface area (Å²) in [6.07, 6.45) is 0.931. The average molecular weight is 302 g/mol. The van der Waals surface area contributed by atoms with Crippen molar-refractivity contribution in [3.05, 3.63) is 42.0 Å². The Balaban J connectivity index is 1.94.